The maximum Gasteiger partial charge on any atom is 0.322 e. The predicted molar refractivity (Wildman–Crippen MR) is 159 cm³/mol. The number of nitrogens with one attached hydrogen (secondary N) is 1. The van der Waals surface area contributed by atoms with Crippen molar-refractivity contribution in [2.45, 2.75) is 32.9 Å². The van der Waals surface area contributed by atoms with E-state index in [0.29, 0.717) is 47.7 Å². The molecule has 40 heavy (non-hydrogen) atoms. The maximum atomic E-state index is 14.0. The fourth-order valence-electron chi connectivity index (χ4n) is 4.84. The Hall–Kier alpha value is -4.91. The molecule has 0 aliphatic carbocycles. The highest BCUT2D eigenvalue weighted by molar-refractivity contribution is 5.89. The highest BCUT2D eigenvalue weighted by atomic mass is 16.5. The Morgan fingerprint density at radius 2 is 1.52 bits per heavy atom. The lowest BCUT2D eigenvalue weighted by atomic mass is 10.1. The maximum absolute atomic E-state index is 14.0. The summed E-state index contributed by atoms with van der Waals surface area (Å²) in [5.74, 6) is 1.21. The van der Waals surface area contributed by atoms with E-state index in [-0.39, 0.29) is 11.6 Å². The van der Waals surface area contributed by atoms with Crippen LogP contribution in [0.3, 0.4) is 0 Å². The zero-order valence-electron chi connectivity index (χ0n) is 22.7. The van der Waals surface area contributed by atoms with Gasteiger partial charge in [-0.3, -0.25) is 9.36 Å². The van der Waals surface area contributed by atoms with Gasteiger partial charge in [0, 0.05) is 12.2 Å². The van der Waals surface area contributed by atoms with Gasteiger partial charge in [0.15, 0.2) is 0 Å². The van der Waals surface area contributed by atoms with Crippen molar-refractivity contribution in [1.82, 2.24) is 14.5 Å². The van der Waals surface area contributed by atoms with E-state index in [9.17, 15) is 9.59 Å². The molecule has 5 aromatic rings. The van der Waals surface area contributed by atoms with Crippen LogP contribution in [0.4, 0.5) is 10.5 Å². The van der Waals surface area contributed by atoms with Crippen molar-refractivity contribution in [3.05, 3.63) is 131 Å². The van der Waals surface area contributed by atoms with E-state index < -0.39 is 6.04 Å². The van der Waals surface area contributed by atoms with Crippen LogP contribution in [0.2, 0.25) is 0 Å². The fourth-order valence-corrected chi connectivity index (χ4v) is 4.84. The largest absolute Gasteiger partial charge is 0.494 e. The van der Waals surface area contributed by atoms with Gasteiger partial charge in [-0.2, -0.15) is 0 Å². The first-order valence-corrected chi connectivity index (χ1v) is 13.5. The van der Waals surface area contributed by atoms with Gasteiger partial charge < -0.3 is 15.0 Å². The SMILES string of the molecule is CCOc1ccc(-n2c(C(CC)N(Cc3ccccc3)C(=O)Nc3ccccc3)nc3ccccc3c2=O)cc1. The number of hydrogen-bond acceptors (Lipinski definition) is 4. The van der Waals surface area contributed by atoms with Gasteiger partial charge in [0.1, 0.15) is 11.6 Å². The Kier molecular flexibility index (Phi) is 8.21. The van der Waals surface area contributed by atoms with E-state index >= 15 is 0 Å². The summed E-state index contributed by atoms with van der Waals surface area (Å²) in [5, 5.41) is 3.55. The van der Waals surface area contributed by atoms with Crippen LogP contribution in [0.25, 0.3) is 16.6 Å². The van der Waals surface area contributed by atoms with E-state index in [1.165, 1.54) is 0 Å². The minimum Gasteiger partial charge on any atom is -0.494 e. The number of ether oxygens (including phenoxy) is 1. The molecule has 1 aromatic heterocycles. The standard InChI is InChI=1S/C33H32N4O3/c1-3-30(36(23-24-13-7-5-8-14-24)33(39)34-25-15-9-6-10-16-25)31-35-29-18-12-11-17-28(29)32(38)37(31)26-19-21-27(22-20-26)40-4-2/h5-22,30H,3-4,23H2,1-2H3,(H,34,39). The number of anilines is 1. The second-order valence-corrected chi connectivity index (χ2v) is 9.39. The van der Waals surface area contributed by atoms with Crippen LogP contribution in [0.5, 0.6) is 5.75 Å². The molecule has 0 bridgehead atoms. The third-order valence-electron chi connectivity index (χ3n) is 6.75. The van der Waals surface area contributed by atoms with Gasteiger partial charge in [-0.05, 0) is 67.4 Å². The van der Waals surface area contributed by atoms with Crippen molar-refractivity contribution in [3.63, 3.8) is 0 Å². The third kappa shape index (κ3) is 5.73. The minimum atomic E-state index is -0.507. The average molecular weight is 533 g/mol. The Labute approximate surface area is 233 Å². The van der Waals surface area contributed by atoms with E-state index in [2.05, 4.69) is 5.32 Å². The quantitative estimate of drug-likeness (QED) is 0.222. The number of amides is 2. The number of para-hydroxylation sites is 2. The molecule has 1 unspecified atom stereocenters. The van der Waals surface area contributed by atoms with Crippen molar-refractivity contribution in [3.8, 4) is 11.4 Å². The third-order valence-corrected chi connectivity index (χ3v) is 6.75. The number of rotatable bonds is 9. The lowest BCUT2D eigenvalue weighted by molar-refractivity contribution is 0.177. The monoisotopic (exact) mass is 532 g/mol. The van der Waals surface area contributed by atoms with E-state index in [4.69, 9.17) is 9.72 Å². The van der Waals surface area contributed by atoms with Crippen molar-refractivity contribution in [1.29, 1.82) is 0 Å². The molecule has 0 spiro atoms. The molecule has 1 heterocycles. The Morgan fingerprint density at radius 3 is 2.20 bits per heavy atom. The molecule has 1 atom stereocenters. The van der Waals surface area contributed by atoms with Crippen LogP contribution >= 0.6 is 0 Å². The molecule has 0 aliphatic rings. The molecular formula is C33H32N4O3. The topological polar surface area (TPSA) is 76.5 Å². The molecule has 202 valence electrons. The number of carbonyl (C=O) groups excluding carboxylic acids is 1. The number of benzene rings is 4. The molecule has 0 aliphatic heterocycles. The molecule has 0 saturated carbocycles. The van der Waals surface area contributed by atoms with Gasteiger partial charge in [0.05, 0.1) is 29.2 Å². The highest BCUT2D eigenvalue weighted by Crippen LogP contribution is 2.29. The van der Waals surface area contributed by atoms with Crippen LogP contribution in [0, 0.1) is 0 Å². The molecule has 7 heteroatoms. The van der Waals surface area contributed by atoms with Gasteiger partial charge in [-0.15, -0.1) is 0 Å². The summed E-state index contributed by atoms with van der Waals surface area (Å²) in [4.78, 5) is 34.6. The Bertz CT molecular complexity index is 1630. The fraction of sp³-hybridized carbons (Fsp3) is 0.182. The van der Waals surface area contributed by atoms with Crippen LogP contribution in [-0.4, -0.2) is 27.1 Å². The van der Waals surface area contributed by atoms with E-state index in [1.807, 2.05) is 117 Å². The number of nitrogens with zero attached hydrogens (tertiary/aromatic N) is 3. The first kappa shape index (κ1) is 26.7. The molecule has 0 fully saturated rings. The predicted octanol–water partition coefficient (Wildman–Crippen LogP) is 6.97. The Balaban J connectivity index is 1.66. The molecule has 7 nitrogen and oxygen atoms in total. The molecule has 0 saturated heterocycles. The average Bonchev–Trinajstić information content (AvgIpc) is 2.99. The second-order valence-electron chi connectivity index (χ2n) is 9.39. The lowest BCUT2D eigenvalue weighted by Crippen LogP contribution is -2.40. The summed E-state index contributed by atoms with van der Waals surface area (Å²) in [5.41, 5.74) is 2.72. The summed E-state index contributed by atoms with van der Waals surface area (Å²) in [7, 11) is 0. The van der Waals surface area contributed by atoms with Crippen molar-refractivity contribution >= 4 is 22.6 Å². The van der Waals surface area contributed by atoms with Gasteiger partial charge >= 0.3 is 6.03 Å². The van der Waals surface area contributed by atoms with Crippen LogP contribution in [0.1, 0.15) is 37.7 Å². The number of urea groups is 1. The minimum absolute atomic E-state index is 0.189. The first-order chi connectivity index (χ1) is 19.6. The highest BCUT2D eigenvalue weighted by Gasteiger charge is 2.29. The molecule has 0 radical (unpaired) electrons. The molecule has 4 aromatic carbocycles. The van der Waals surface area contributed by atoms with Crippen LogP contribution < -0.4 is 15.6 Å². The smallest absolute Gasteiger partial charge is 0.322 e. The number of hydrogen-bond donors (Lipinski definition) is 1. The zero-order chi connectivity index (χ0) is 27.9. The summed E-state index contributed by atoms with van der Waals surface area (Å²) in [6.07, 6.45) is 0.539. The molecule has 1 N–H and O–H groups in total. The van der Waals surface area contributed by atoms with Gasteiger partial charge in [-0.1, -0.05) is 67.6 Å². The van der Waals surface area contributed by atoms with Gasteiger partial charge in [-0.25, -0.2) is 9.78 Å². The normalized spacial score (nSPS) is 11.7. The van der Waals surface area contributed by atoms with E-state index in [0.717, 1.165) is 11.3 Å². The van der Waals surface area contributed by atoms with Gasteiger partial charge in [0.25, 0.3) is 5.56 Å². The summed E-state index contributed by atoms with van der Waals surface area (Å²) in [6.45, 7) is 4.81. The molecule has 2 amide bonds. The van der Waals surface area contributed by atoms with Crippen molar-refractivity contribution in [2.75, 3.05) is 11.9 Å². The lowest BCUT2D eigenvalue weighted by Gasteiger charge is -2.32. The van der Waals surface area contributed by atoms with E-state index in [1.54, 1.807) is 15.5 Å². The summed E-state index contributed by atoms with van der Waals surface area (Å²) in [6, 6.07) is 33.1. The summed E-state index contributed by atoms with van der Waals surface area (Å²) >= 11 is 0. The van der Waals surface area contributed by atoms with Gasteiger partial charge in [0.2, 0.25) is 0 Å². The number of aromatic nitrogens is 2. The molecule has 5 rings (SSSR count). The Morgan fingerprint density at radius 1 is 0.875 bits per heavy atom. The second kappa shape index (κ2) is 12.3. The zero-order valence-corrected chi connectivity index (χ0v) is 22.7. The number of fused-ring (bicyclic) bond motifs is 1. The number of carbonyl (C=O) groups is 1. The van der Waals surface area contributed by atoms with Crippen LogP contribution in [-0.2, 0) is 6.54 Å². The van der Waals surface area contributed by atoms with Crippen molar-refractivity contribution < 1.29 is 9.53 Å². The molecular weight excluding hydrogens is 500 g/mol. The summed E-state index contributed by atoms with van der Waals surface area (Å²) < 4.78 is 7.25. The van der Waals surface area contributed by atoms with Crippen molar-refractivity contribution in [2.24, 2.45) is 0 Å². The first-order valence-electron chi connectivity index (χ1n) is 13.5. The van der Waals surface area contributed by atoms with Crippen LogP contribution in [0.15, 0.2) is 114 Å².